The fourth-order valence-electron chi connectivity index (χ4n) is 1.82. The van der Waals surface area contributed by atoms with Crippen molar-refractivity contribution in [2.75, 3.05) is 0 Å². The summed E-state index contributed by atoms with van der Waals surface area (Å²) in [4.78, 5) is 22.9. The molecule has 0 atom stereocenters. The predicted molar refractivity (Wildman–Crippen MR) is 80.4 cm³/mol. The maximum atomic E-state index is 11.9. The molecule has 0 saturated heterocycles. The lowest BCUT2D eigenvalue weighted by Gasteiger charge is -2.10. The van der Waals surface area contributed by atoms with Crippen molar-refractivity contribution >= 4 is 27.8 Å². The van der Waals surface area contributed by atoms with Crippen LogP contribution in [0.2, 0.25) is 0 Å². The number of carboxylic acid groups (broad SMARTS) is 1. The molecule has 5 nitrogen and oxygen atoms in total. The van der Waals surface area contributed by atoms with Gasteiger partial charge in [-0.2, -0.15) is 0 Å². The van der Waals surface area contributed by atoms with Crippen LogP contribution in [-0.2, 0) is 6.54 Å². The van der Waals surface area contributed by atoms with E-state index >= 15 is 0 Å². The number of carbonyl (C=O) groups excluding carboxylic acids is 1. The first-order valence-electron chi connectivity index (χ1n) is 6.07. The van der Waals surface area contributed by atoms with Crippen LogP contribution in [-0.4, -0.2) is 22.1 Å². The van der Waals surface area contributed by atoms with Crippen molar-refractivity contribution in [3.05, 3.63) is 63.6 Å². The Labute approximate surface area is 129 Å². The zero-order chi connectivity index (χ0) is 15.4. The van der Waals surface area contributed by atoms with Gasteiger partial charge in [-0.3, -0.25) is 4.79 Å². The summed E-state index contributed by atoms with van der Waals surface area (Å²) >= 11 is 3.18. The number of aromatic carboxylic acids is 1. The summed E-state index contributed by atoms with van der Waals surface area (Å²) in [6.07, 6.45) is 0. The lowest BCUT2D eigenvalue weighted by Crippen LogP contribution is -2.23. The van der Waals surface area contributed by atoms with Gasteiger partial charge in [0.1, 0.15) is 11.3 Å². The zero-order valence-electron chi connectivity index (χ0n) is 10.8. The minimum atomic E-state index is -1.23. The molecule has 2 aromatic rings. The number of halogens is 1. The highest BCUT2D eigenvalue weighted by Gasteiger charge is 2.15. The quantitative estimate of drug-likeness (QED) is 0.791. The number of rotatable bonds is 4. The number of amides is 1. The average Bonchev–Trinajstić information content (AvgIpc) is 2.48. The van der Waals surface area contributed by atoms with Gasteiger partial charge in [0.2, 0.25) is 0 Å². The fourth-order valence-corrected chi connectivity index (χ4v) is 2.33. The van der Waals surface area contributed by atoms with Gasteiger partial charge in [-0.15, -0.1) is 0 Å². The van der Waals surface area contributed by atoms with E-state index in [0.29, 0.717) is 15.6 Å². The standard InChI is InChI=1S/C15H12BrNO4/c16-11-6-10(13(18)12(7-11)15(20)21)8-17-14(19)9-4-2-1-3-5-9/h1-7,18H,8H2,(H,17,19)(H,20,21). The van der Waals surface area contributed by atoms with E-state index in [-0.39, 0.29) is 23.8 Å². The molecule has 0 bridgehead atoms. The molecule has 0 unspecified atom stereocenters. The first kappa shape index (κ1) is 15.1. The Kier molecular flexibility index (Phi) is 4.59. The van der Waals surface area contributed by atoms with Crippen LogP contribution in [0.3, 0.4) is 0 Å². The summed E-state index contributed by atoms with van der Waals surface area (Å²) in [7, 11) is 0. The van der Waals surface area contributed by atoms with Crippen molar-refractivity contribution in [2.45, 2.75) is 6.54 Å². The summed E-state index contributed by atoms with van der Waals surface area (Å²) in [6.45, 7) is 0.0271. The maximum absolute atomic E-state index is 11.9. The first-order valence-corrected chi connectivity index (χ1v) is 6.86. The Hall–Kier alpha value is -2.34. The molecule has 6 heteroatoms. The van der Waals surface area contributed by atoms with Gasteiger partial charge in [0.15, 0.2) is 0 Å². The number of carbonyl (C=O) groups is 2. The summed E-state index contributed by atoms with van der Waals surface area (Å²) in [6, 6.07) is 11.5. The van der Waals surface area contributed by atoms with E-state index < -0.39 is 5.97 Å². The topological polar surface area (TPSA) is 86.6 Å². The Morgan fingerprint density at radius 2 is 1.81 bits per heavy atom. The second kappa shape index (κ2) is 6.41. The lowest BCUT2D eigenvalue weighted by molar-refractivity contribution is 0.0693. The summed E-state index contributed by atoms with van der Waals surface area (Å²) in [5.41, 5.74) is 0.602. The molecule has 0 saturated carbocycles. The summed E-state index contributed by atoms with van der Waals surface area (Å²) < 4.78 is 0.515. The summed E-state index contributed by atoms with van der Waals surface area (Å²) in [5, 5.41) is 21.6. The van der Waals surface area contributed by atoms with Crippen molar-refractivity contribution in [3.8, 4) is 5.75 Å². The van der Waals surface area contributed by atoms with Crippen LogP contribution in [0, 0.1) is 0 Å². The van der Waals surface area contributed by atoms with Crippen LogP contribution in [0.4, 0.5) is 0 Å². The van der Waals surface area contributed by atoms with Crippen molar-refractivity contribution in [1.82, 2.24) is 5.32 Å². The van der Waals surface area contributed by atoms with Crippen molar-refractivity contribution in [2.24, 2.45) is 0 Å². The number of hydrogen-bond donors (Lipinski definition) is 3. The molecular formula is C15H12BrNO4. The Morgan fingerprint density at radius 3 is 2.43 bits per heavy atom. The van der Waals surface area contributed by atoms with Crippen LogP contribution >= 0.6 is 15.9 Å². The van der Waals surface area contributed by atoms with E-state index in [1.807, 2.05) is 0 Å². The Morgan fingerprint density at radius 1 is 1.14 bits per heavy atom. The zero-order valence-corrected chi connectivity index (χ0v) is 12.4. The Bertz CT molecular complexity index is 686. The predicted octanol–water partition coefficient (Wildman–Crippen LogP) is 2.78. The van der Waals surface area contributed by atoms with E-state index in [1.165, 1.54) is 6.07 Å². The van der Waals surface area contributed by atoms with Crippen molar-refractivity contribution < 1.29 is 19.8 Å². The number of benzene rings is 2. The molecule has 0 radical (unpaired) electrons. The maximum Gasteiger partial charge on any atom is 0.339 e. The molecule has 108 valence electrons. The number of hydrogen-bond acceptors (Lipinski definition) is 3. The highest BCUT2D eigenvalue weighted by molar-refractivity contribution is 9.10. The van der Waals surface area contributed by atoms with Crippen LogP contribution in [0.1, 0.15) is 26.3 Å². The normalized spacial score (nSPS) is 10.1. The minimum absolute atomic E-state index is 0.0271. The van der Waals surface area contributed by atoms with Gasteiger partial charge < -0.3 is 15.5 Å². The largest absolute Gasteiger partial charge is 0.507 e. The van der Waals surface area contributed by atoms with Gasteiger partial charge in [-0.25, -0.2) is 4.79 Å². The smallest absolute Gasteiger partial charge is 0.339 e. The molecule has 2 aromatic carbocycles. The third-order valence-electron chi connectivity index (χ3n) is 2.86. The fraction of sp³-hybridized carbons (Fsp3) is 0.0667. The first-order chi connectivity index (χ1) is 9.99. The van der Waals surface area contributed by atoms with E-state index in [0.717, 1.165) is 0 Å². The molecule has 2 rings (SSSR count). The average molecular weight is 350 g/mol. The number of aromatic hydroxyl groups is 1. The number of phenols is 1. The number of nitrogens with one attached hydrogen (secondary N) is 1. The van der Waals surface area contributed by atoms with Gasteiger partial charge in [0.25, 0.3) is 5.91 Å². The molecule has 0 spiro atoms. The second-order valence-electron chi connectivity index (χ2n) is 4.31. The van der Waals surface area contributed by atoms with Gasteiger partial charge in [-0.05, 0) is 24.3 Å². The van der Waals surface area contributed by atoms with Gasteiger partial charge in [-0.1, -0.05) is 34.1 Å². The van der Waals surface area contributed by atoms with Gasteiger partial charge in [0.05, 0.1) is 0 Å². The van der Waals surface area contributed by atoms with Crippen LogP contribution < -0.4 is 5.32 Å². The van der Waals surface area contributed by atoms with E-state index in [2.05, 4.69) is 21.2 Å². The summed E-state index contributed by atoms with van der Waals surface area (Å²) in [5.74, 6) is -1.88. The molecule has 0 aliphatic heterocycles. The molecule has 0 fully saturated rings. The molecule has 1 amide bonds. The van der Waals surface area contributed by atoms with E-state index in [9.17, 15) is 14.7 Å². The van der Waals surface area contributed by atoms with Crippen molar-refractivity contribution in [1.29, 1.82) is 0 Å². The van der Waals surface area contributed by atoms with E-state index in [4.69, 9.17) is 5.11 Å². The molecule has 21 heavy (non-hydrogen) atoms. The van der Waals surface area contributed by atoms with Crippen molar-refractivity contribution in [3.63, 3.8) is 0 Å². The lowest BCUT2D eigenvalue weighted by atomic mass is 10.1. The molecule has 0 aliphatic carbocycles. The Balaban J connectivity index is 2.17. The number of carboxylic acids is 1. The van der Waals surface area contributed by atoms with Crippen LogP contribution in [0.5, 0.6) is 5.75 Å². The molecule has 3 N–H and O–H groups in total. The highest BCUT2D eigenvalue weighted by Crippen LogP contribution is 2.27. The van der Waals surface area contributed by atoms with Crippen LogP contribution in [0.15, 0.2) is 46.9 Å². The monoisotopic (exact) mass is 349 g/mol. The molecular weight excluding hydrogens is 338 g/mol. The third kappa shape index (κ3) is 3.61. The minimum Gasteiger partial charge on any atom is -0.507 e. The molecule has 0 aromatic heterocycles. The molecule has 0 heterocycles. The van der Waals surface area contributed by atoms with Gasteiger partial charge >= 0.3 is 5.97 Å². The van der Waals surface area contributed by atoms with Crippen LogP contribution in [0.25, 0.3) is 0 Å². The molecule has 0 aliphatic rings. The van der Waals surface area contributed by atoms with E-state index in [1.54, 1.807) is 36.4 Å². The third-order valence-corrected chi connectivity index (χ3v) is 3.32. The second-order valence-corrected chi connectivity index (χ2v) is 5.23. The van der Waals surface area contributed by atoms with Gasteiger partial charge in [0, 0.05) is 22.1 Å². The highest BCUT2D eigenvalue weighted by atomic mass is 79.9. The SMILES string of the molecule is O=C(NCc1cc(Br)cc(C(=O)O)c1O)c1ccccc1.